The van der Waals surface area contributed by atoms with Gasteiger partial charge in [-0.1, -0.05) is 13.8 Å². The Kier molecular flexibility index (Phi) is 5.00. The molecule has 0 aliphatic heterocycles. The van der Waals surface area contributed by atoms with Crippen molar-refractivity contribution in [3.05, 3.63) is 33.9 Å². The van der Waals surface area contributed by atoms with Crippen molar-refractivity contribution in [1.82, 2.24) is 0 Å². The molecule has 1 rings (SSSR count). The van der Waals surface area contributed by atoms with Gasteiger partial charge in [-0.25, -0.2) is 0 Å². The molecule has 0 bridgehead atoms. The molecule has 1 aromatic carbocycles. The molecule has 0 fully saturated rings. The van der Waals surface area contributed by atoms with Crippen molar-refractivity contribution >= 4 is 12.0 Å². The number of ether oxygens (including phenoxy) is 1. The fraction of sp³-hybridized carbons (Fsp3) is 0.462. The normalized spacial score (nSPS) is 11.1. The van der Waals surface area contributed by atoms with Gasteiger partial charge in [-0.05, 0) is 25.0 Å². The van der Waals surface area contributed by atoms with Crippen LogP contribution in [0.5, 0.6) is 5.75 Å². The Bertz CT molecular complexity index is 468. The van der Waals surface area contributed by atoms with Crippen LogP contribution < -0.4 is 4.74 Å². The van der Waals surface area contributed by atoms with Crippen molar-refractivity contribution in [1.29, 1.82) is 0 Å². The van der Waals surface area contributed by atoms with Gasteiger partial charge >= 0.3 is 5.69 Å². The molecule has 0 heterocycles. The predicted octanol–water partition coefficient (Wildman–Crippen LogP) is 2.34. The van der Waals surface area contributed by atoms with Crippen molar-refractivity contribution in [3.63, 3.8) is 0 Å². The molecule has 0 spiro atoms. The number of benzene rings is 1. The molecule has 0 unspecified atom stereocenters. The van der Waals surface area contributed by atoms with E-state index in [4.69, 9.17) is 4.74 Å². The quantitative estimate of drug-likeness (QED) is 0.465. The summed E-state index contributed by atoms with van der Waals surface area (Å²) in [5.41, 5.74) is -1.07. The fourth-order valence-electron chi connectivity index (χ4n) is 1.54. The van der Waals surface area contributed by atoms with Gasteiger partial charge in [0.2, 0.25) is 0 Å². The van der Waals surface area contributed by atoms with Crippen molar-refractivity contribution < 1.29 is 19.6 Å². The number of rotatable bonds is 7. The van der Waals surface area contributed by atoms with E-state index in [1.54, 1.807) is 0 Å². The molecular formula is C13H17NO5. The summed E-state index contributed by atoms with van der Waals surface area (Å²) in [5.74, 6) is 0.0518. The van der Waals surface area contributed by atoms with E-state index in [1.807, 2.05) is 13.8 Å². The zero-order chi connectivity index (χ0) is 14.5. The van der Waals surface area contributed by atoms with E-state index in [-0.39, 0.29) is 23.6 Å². The van der Waals surface area contributed by atoms with Crippen molar-refractivity contribution in [3.8, 4) is 5.75 Å². The first-order valence-corrected chi connectivity index (χ1v) is 6.04. The Morgan fingerprint density at radius 1 is 1.42 bits per heavy atom. The molecule has 6 heteroatoms. The Balaban J connectivity index is 2.95. The van der Waals surface area contributed by atoms with Crippen LogP contribution in [0.1, 0.15) is 37.0 Å². The van der Waals surface area contributed by atoms with E-state index in [9.17, 15) is 20.0 Å². The Morgan fingerprint density at radius 3 is 2.53 bits per heavy atom. The van der Waals surface area contributed by atoms with Gasteiger partial charge in [-0.15, -0.1) is 0 Å². The molecule has 19 heavy (non-hydrogen) atoms. The highest BCUT2D eigenvalue weighted by molar-refractivity contribution is 5.77. The smallest absolute Gasteiger partial charge is 0.311 e. The van der Waals surface area contributed by atoms with Gasteiger partial charge in [0.1, 0.15) is 12.9 Å². The predicted molar refractivity (Wildman–Crippen MR) is 69.5 cm³/mol. The van der Waals surface area contributed by atoms with Crippen LogP contribution in [0.3, 0.4) is 0 Å². The summed E-state index contributed by atoms with van der Waals surface area (Å²) in [4.78, 5) is 20.9. The number of nitro groups is 1. The fourth-order valence-corrected chi connectivity index (χ4v) is 1.54. The third kappa shape index (κ3) is 3.75. The molecule has 1 aromatic rings. The van der Waals surface area contributed by atoms with Crippen LogP contribution >= 0.6 is 0 Å². The topological polar surface area (TPSA) is 89.7 Å². The highest BCUT2D eigenvalue weighted by Gasteiger charge is 2.25. The van der Waals surface area contributed by atoms with E-state index < -0.39 is 10.5 Å². The van der Waals surface area contributed by atoms with Crippen molar-refractivity contribution in [2.24, 2.45) is 0 Å². The van der Waals surface area contributed by atoms with Gasteiger partial charge in [0.25, 0.3) is 0 Å². The molecule has 0 radical (unpaired) electrons. The van der Waals surface area contributed by atoms with E-state index in [0.29, 0.717) is 19.1 Å². The molecule has 6 nitrogen and oxygen atoms in total. The van der Waals surface area contributed by atoms with Crippen LogP contribution in [0, 0.1) is 10.1 Å². The minimum absolute atomic E-state index is 0.0265. The first kappa shape index (κ1) is 15.1. The second-order valence-electron chi connectivity index (χ2n) is 4.32. The summed E-state index contributed by atoms with van der Waals surface area (Å²) >= 11 is 0. The van der Waals surface area contributed by atoms with Gasteiger partial charge in [0.15, 0.2) is 5.75 Å². The lowest BCUT2D eigenvalue weighted by molar-refractivity contribution is -0.386. The lowest BCUT2D eigenvalue weighted by atomic mass is 9.99. The van der Waals surface area contributed by atoms with Gasteiger partial charge in [0.05, 0.1) is 10.5 Å². The van der Waals surface area contributed by atoms with Crippen LogP contribution in [-0.2, 0) is 0 Å². The molecule has 0 atom stereocenters. The molecule has 0 saturated carbocycles. The molecule has 0 aromatic heterocycles. The Morgan fingerprint density at radius 2 is 2.05 bits per heavy atom. The maximum absolute atomic E-state index is 10.9. The number of hydrogen-bond acceptors (Lipinski definition) is 5. The summed E-state index contributed by atoms with van der Waals surface area (Å²) in [6.45, 7) is 3.61. The van der Waals surface area contributed by atoms with Crippen LogP contribution in [0.4, 0.5) is 5.69 Å². The Labute approximate surface area is 111 Å². The zero-order valence-electron chi connectivity index (χ0n) is 11.0. The molecule has 0 amide bonds. The second kappa shape index (κ2) is 6.29. The van der Waals surface area contributed by atoms with Crippen LogP contribution in [-0.4, -0.2) is 28.5 Å². The highest BCUT2D eigenvalue weighted by Crippen LogP contribution is 2.29. The lowest BCUT2D eigenvalue weighted by Crippen LogP contribution is -2.34. The monoisotopic (exact) mass is 267 g/mol. The van der Waals surface area contributed by atoms with E-state index in [2.05, 4.69) is 0 Å². The molecule has 0 saturated heterocycles. The van der Waals surface area contributed by atoms with Gasteiger partial charge in [-0.3, -0.25) is 14.9 Å². The van der Waals surface area contributed by atoms with Gasteiger partial charge < -0.3 is 9.84 Å². The SMILES string of the molecule is CCC(O)(CC)COc1ccc(C=O)cc1[N+](=O)[O-]. The summed E-state index contributed by atoms with van der Waals surface area (Å²) in [5, 5.41) is 21.0. The lowest BCUT2D eigenvalue weighted by Gasteiger charge is -2.24. The second-order valence-corrected chi connectivity index (χ2v) is 4.32. The largest absolute Gasteiger partial charge is 0.484 e. The van der Waals surface area contributed by atoms with Crippen molar-refractivity contribution in [2.45, 2.75) is 32.3 Å². The van der Waals surface area contributed by atoms with E-state index in [0.717, 1.165) is 6.07 Å². The number of carbonyl (C=O) groups excluding carboxylic acids is 1. The maximum Gasteiger partial charge on any atom is 0.311 e. The third-order valence-electron chi connectivity index (χ3n) is 3.13. The number of aldehydes is 1. The first-order valence-electron chi connectivity index (χ1n) is 6.04. The molecule has 1 N–H and O–H groups in total. The number of aliphatic hydroxyl groups is 1. The van der Waals surface area contributed by atoms with Gasteiger partial charge in [-0.2, -0.15) is 0 Å². The van der Waals surface area contributed by atoms with Gasteiger partial charge in [0, 0.05) is 11.6 Å². The Hall–Kier alpha value is -1.95. The minimum Gasteiger partial charge on any atom is -0.484 e. The summed E-state index contributed by atoms with van der Waals surface area (Å²) < 4.78 is 5.34. The maximum atomic E-state index is 10.9. The van der Waals surface area contributed by atoms with Crippen LogP contribution in [0.2, 0.25) is 0 Å². The number of nitrogens with zero attached hydrogens (tertiary/aromatic N) is 1. The summed E-state index contributed by atoms with van der Waals surface area (Å²) in [6.07, 6.45) is 1.51. The molecule has 0 aliphatic rings. The average Bonchev–Trinajstić information content (AvgIpc) is 2.44. The number of carbonyl (C=O) groups is 1. The zero-order valence-corrected chi connectivity index (χ0v) is 11.0. The average molecular weight is 267 g/mol. The summed E-state index contributed by atoms with van der Waals surface area (Å²) in [7, 11) is 0. The van der Waals surface area contributed by atoms with Crippen LogP contribution in [0.15, 0.2) is 18.2 Å². The molecule has 0 aliphatic carbocycles. The van der Waals surface area contributed by atoms with Crippen molar-refractivity contribution in [2.75, 3.05) is 6.61 Å². The van der Waals surface area contributed by atoms with E-state index >= 15 is 0 Å². The molecular weight excluding hydrogens is 250 g/mol. The number of nitro benzene ring substituents is 1. The minimum atomic E-state index is -1.00. The third-order valence-corrected chi connectivity index (χ3v) is 3.13. The first-order chi connectivity index (χ1) is 8.95. The van der Waals surface area contributed by atoms with E-state index in [1.165, 1.54) is 12.1 Å². The standard InChI is InChI=1S/C13H17NO5/c1-3-13(16,4-2)9-19-12-6-5-10(8-15)7-11(12)14(17)18/h5-8,16H,3-4,9H2,1-2H3. The van der Waals surface area contributed by atoms with Crippen LogP contribution in [0.25, 0.3) is 0 Å². The highest BCUT2D eigenvalue weighted by atomic mass is 16.6. The number of hydrogen-bond donors (Lipinski definition) is 1. The molecule has 104 valence electrons. The summed E-state index contributed by atoms with van der Waals surface area (Å²) in [6, 6.07) is 3.96.